The molecule has 73 heavy (non-hydrogen) atoms. The third-order valence-electron chi connectivity index (χ3n) is 11.2. The van der Waals surface area contributed by atoms with E-state index < -0.39 is 118 Å². The lowest BCUT2D eigenvalue weighted by Crippen LogP contribution is -2.42. The van der Waals surface area contributed by atoms with E-state index >= 15 is 0 Å². The number of H-pyrrole nitrogens is 1. The summed E-state index contributed by atoms with van der Waals surface area (Å²) < 4.78 is 61.5. The topological polar surface area (TPSA) is 351 Å². The zero-order valence-electron chi connectivity index (χ0n) is 39.2. The van der Waals surface area contributed by atoms with Crippen molar-refractivity contribution in [2.24, 2.45) is 11.8 Å². The first kappa shape index (κ1) is 53.0. The Balaban J connectivity index is 1.08. The predicted molar refractivity (Wildman–Crippen MR) is 256 cm³/mol. The molecule has 9 atom stereocenters. The number of ether oxygens (including phenoxy) is 5. The van der Waals surface area contributed by atoms with E-state index in [0.29, 0.717) is 5.56 Å². The summed E-state index contributed by atoms with van der Waals surface area (Å²) in [7, 11) is -3.88. The van der Waals surface area contributed by atoms with Gasteiger partial charge in [0, 0.05) is 18.2 Å². The number of aromatic amines is 1. The summed E-state index contributed by atoms with van der Waals surface area (Å²) in [4.78, 5) is 121. The molecule has 8 rings (SSSR count). The van der Waals surface area contributed by atoms with Crippen molar-refractivity contribution in [1.29, 1.82) is 0 Å². The van der Waals surface area contributed by atoms with Crippen LogP contribution in [0, 0.1) is 11.8 Å². The van der Waals surface area contributed by atoms with Crippen molar-refractivity contribution in [1.82, 2.24) is 39.0 Å². The number of carbonyl (C=O) groups excluding carboxylic acids is 4. The molecule has 2 saturated heterocycles. The number of aromatic nitrogens is 8. The van der Waals surface area contributed by atoms with Gasteiger partial charge in [-0.1, -0.05) is 64.1 Å². The van der Waals surface area contributed by atoms with E-state index in [0.717, 1.165) is 6.33 Å². The highest BCUT2D eigenvalue weighted by Gasteiger charge is 2.54. The highest BCUT2D eigenvalue weighted by molar-refractivity contribution is 8.07. The Morgan fingerprint density at radius 3 is 1.85 bits per heavy atom. The van der Waals surface area contributed by atoms with E-state index in [1.54, 1.807) is 88.4 Å². The molecule has 6 aromatic rings. The maximum Gasteiger partial charge on any atom is 0.469 e. The molecule has 0 aliphatic carbocycles. The van der Waals surface area contributed by atoms with Crippen LogP contribution in [0.1, 0.15) is 60.9 Å². The zero-order chi connectivity index (χ0) is 52.4. The summed E-state index contributed by atoms with van der Waals surface area (Å²) in [6.07, 6.45) is -7.80. The van der Waals surface area contributed by atoms with Crippen molar-refractivity contribution < 1.29 is 75.7 Å². The fourth-order valence-electron chi connectivity index (χ4n) is 7.68. The highest BCUT2D eigenvalue weighted by atomic mass is 32.5. The zero-order valence-corrected chi connectivity index (χ0v) is 41.8. The molecule has 0 bridgehead atoms. The first-order chi connectivity index (χ1) is 34.7. The van der Waals surface area contributed by atoms with E-state index in [-0.39, 0.29) is 39.7 Å². The van der Waals surface area contributed by atoms with Gasteiger partial charge in [0.15, 0.2) is 52.8 Å². The Morgan fingerprint density at radius 2 is 1.26 bits per heavy atom. The van der Waals surface area contributed by atoms with Crippen molar-refractivity contribution in [3.05, 3.63) is 101 Å². The molecule has 27 nitrogen and oxygen atoms in total. The first-order valence-corrected chi connectivity index (χ1v) is 26.3. The molecular weight excluding hydrogens is 1020 g/mol. The number of carbonyl (C=O) groups is 4. The van der Waals surface area contributed by atoms with Gasteiger partial charge in [0.05, 0.1) is 37.7 Å². The molecule has 2 amide bonds. The van der Waals surface area contributed by atoms with Gasteiger partial charge in [0.1, 0.15) is 30.7 Å². The fourth-order valence-corrected chi connectivity index (χ4v) is 9.46. The number of rotatable bonds is 19. The molecule has 0 spiro atoms. The highest BCUT2D eigenvalue weighted by Crippen LogP contribution is 2.51. The number of esters is 2. The smallest absolute Gasteiger partial charge is 0.455 e. The van der Waals surface area contributed by atoms with Gasteiger partial charge in [-0.3, -0.25) is 52.5 Å². The second-order valence-electron chi connectivity index (χ2n) is 17.0. The van der Waals surface area contributed by atoms with Crippen LogP contribution >= 0.6 is 14.5 Å². The predicted octanol–water partition coefficient (Wildman–Crippen LogP) is 3.14. The van der Waals surface area contributed by atoms with Crippen LogP contribution in [0.2, 0.25) is 0 Å². The van der Waals surface area contributed by atoms with Crippen LogP contribution in [-0.2, 0) is 63.2 Å². The number of nitrogens with zero attached hydrogens (tertiary/aromatic N) is 7. The van der Waals surface area contributed by atoms with Gasteiger partial charge < -0.3 is 48.2 Å². The average Bonchev–Trinajstić information content (AvgIpc) is 4.14. The number of nitrogens with one attached hydrogen (secondary N) is 3. The van der Waals surface area contributed by atoms with Gasteiger partial charge in [0.25, 0.3) is 17.4 Å². The van der Waals surface area contributed by atoms with Crippen LogP contribution in [0.4, 0.5) is 11.8 Å². The van der Waals surface area contributed by atoms with Gasteiger partial charge in [0.2, 0.25) is 5.95 Å². The number of hydrogen-bond acceptors (Lipinski definition) is 20. The molecule has 2 aromatic carbocycles. The lowest BCUT2D eigenvalue weighted by molar-refractivity contribution is -0.172. The molecule has 6 N–H and O–H groups in total. The molecule has 0 saturated carbocycles. The minimum Gasteiger partial charge on any atom is -0.455 e. The molecule has 2 aliphatic rings. The number of methoxy groups -OCH3 is 1. The Morgan fingerprint density at radius 1 is 0.726 bits per heavy atom. The summed E-state index contributed by atoms with van der Waals surface area (Å²) in [5, 5.41) is 5.23. The maximum absolute atomic E-state index is 13.4. The van der Waals surface area contributed by atoms with E-state index in [9.17, 15) is 43.2 Å². The van der Waals surface area contributed by atoms with Crippen LogP contribution in [0.25, 0.3) is 22.3 Å². The molecule has 2 aliphatic heterocycles. The van der Waals surface area contributed by atoms with Crippen LogP contribution in [-0.4, -0.2) is 134 Å². The fraction of sp³-hybridized carbons (Fsp3) is 0.395. The number of benzene rings is 2. The lowest BCUT2D eigenvalue weighted by atomic mass is 10.1. The third-order valence-corrected chi connectivity index (χ3v) is 13.3. The molecule has 0 radical (unpaired) electrons. The standard InChI is InChI=1S/C43H48N10O17P2S/c1-21(2)41(57)68-29-25(66-40(32(29)69-42(58)22(3)4)53-20-47-28-35(53)49-43(51-38(28)56)50-37(55)24-14-10-7-11-15-24)17-65-72(62,73)70-30-26(16-64-71(59,60)61)67-39(31(30)63-5)52-19-46-27-33(44-18-45-34(27)52)48-36(54)23-12-8-6-9-13-23/h6-15,18-22,25-26,29-32,39-40H,16-17H2,1-5H3,(H,62,73)(H2,59,60,61)(H,44,45,48,54)(H2,49,50,51,55,56)/t25-,26-,29-,30-,31-,32-,39-,40-,72?/m1/s1. The summed E-state index contributed by atoms with van der Waals surface area (Å²) in [5.74, 6) is -4.25. The van der Waals surface area contributed by atoms with Gasteiger partial charge in [-0.2, -0.15) is 4.98 Å². The van der Waals surface area contributed by atoms with E-state index in [2.05, 4.69) is 40.5 Å². The number of phosphoric ester groups is 1. The van der Waals surface area contributed by atoms with E-state index in [1.807, 2.05) is 0 Å². The van der Waals surface area contributed by atoms with Crippen molar-refractivity contribution in [3.8, 4) is 0 Å². The van der Waals surface area contributed by atoms with Crippen molar-refractivity contribution in [3.63, 3.8) is 0 Å². The first-order valence-electron chi connectivity index (χ1n) is 22.2. The summed E-state index contributed by atoms with van der Waals surface area (Å²) in [6, 6.07) is 16.4. The molecule has 1 unspecified atom stereocenters. The Hall–Kier alpha value is -6.26. The Labute approximate surface area is 418 Å². The molecular formula is C43H48N10O17P2S. The maximum atomic E-state index is 13.4. The van der Waals surface area contributed by atoms with Crippen molar-refractivity contribution >= 4 is 84.2 Å². The lowest BCUT2D eigenvalue weighted by Gasteiger charge is -2.28. The minimum absolute atomic E-state index is 0.0381. The molecule has 388 valence electrons. The third kappa shape index (κ3) is 12.1. The SMILES string of the molecule is CO[C@@H]1[C@H](OP(O)(=S)OC[C@H]2O[C@@H](n3cnc4c(=O)[nH]c(NC(=O)c5ccccc5)nc43)[C@H](OC(=O)C(C)C)[C@@H]2OC(=O)C(C)C)[C@@H](COP(=O)(O)O)O[C@H]1n1cnc2c(NC(=O)c3ccccc3)ncnc21. The second-order valence-corrected chi connectivity index (χ2v) is 21.0. The Kier molecular flexibility index (Phi) is 16.0. The van der Waals surface area contributed by atoms with E-state index in [4.69, 9.17) is 49.1 Å². The van der Waals surface area contributed by atoms with Crippen LogP contribution in [0.5, 0.6) is 0 Å². The van der Waals surface area contributed by atoms with E-state index in [1.165, 1.54) is 28.9 Å². The normalized spacial score (nSPS) is 22.9. The molecule has 30 heteroatoms. The van der Waals surface area contributed by atoms with Crippen LogP contribution in [0.15, 0.2) is 84.4 Å². The average molecular weight is 1070 g/mol. The number of hydrogen-bond donors (Lipinski definition) is 6. The summed E-state index contributed by atoms with van der Waals surface area (Å²) in [5.41, 5.74) is -0.286. The second kappa shape index (κ2) is 22.1. The van der Waals surface area contributed by atoms with Gasteiger partial charge in [-0.05, 0) is 36.1 Å². The molecule has 2 fully saturated rings. The summed E-state index contributed by atoms with van der Waals surface area (Å²) in [6.45, 7) is 0.0887. The van der Waals surface area contributed by atoms with Gasteiger partial charge in [-0.15, -0.1) is 0 Å². The largest absolute Gasteiger partial charge is 0.469 e. The monoisotopic (exact) mass is 1070 g/mol. The number of imidazole rings is 2. The quantitative estimate of drug-likeness (QED) is 0.0501. The molecule has 4 aromatic heterocycles. The van der Waals surface area contributed by atoms with Gasteiger partial charge in [-0.25, -0.2) is 24.5 Å². The summed E-state index contributed by atoms with van der Waals surface area (Å²) >= 11 is 5.50. The minimum atomic E-state index is -5.14. The van der Waals surface area contributed by atoms with Crippen LogP contribution < -0.4 is 16.2 Å². The number of amides is 2. The van der Waals surface area contributed by atoms with Crippen LogP contribution in [0.3, 0.4) is 0 Å². The number of fused-ring (bicyclic) bond motifs is 2. The number of phosphoric acid groups is 1. The molecule has 6 heterocycles. The number of anilines is 2. The van der Waals surface area contributed by atoms with Crippen molar-refractivity contribution in [2.45, 2.75) is 76.8 Å². The van der Waals surface area contributed by atoms with Gasteiger partial charge >= 0.3 is 26.5 Å². The Bertz CT molecular complexity index is 3160. The van der Waals surface area contributed by atoms with Crippen molar-refractivity contribution in [2.75, 3.05) is 31.0 Å².